The van der Waals surface area contributed by atoms with Gasteiger partial charge in [-0.1, -0.05) is 121 Å². The molecule has 0 aliphatic carbocycles. The maximum Gasteiger partial charge on any atom is 0.264 e. The summed E-state index contributed by atoms with van der Waals surface area (Å²) in [5.41, 5.74) is 5.82. The van der Waals surface area contributed by atoms with Crippen molar-refractivity contribution >= 4 is 53.0 Å². The molecular formula is C92H112N10O8S2. The third-order valence-corrected chi connectivity index (χ3v) is 24.5. The van der Waals surface area contributed by atoms with Crippen molar-refractivity contribution in [3.05, 3.63) is 262 Å². The lowest BCUT2D eigenvalue weighted by Gasteiger charge is -2.34. The summed E-state index contributed by atoms with van der Waals surface area (Å²) in [5, 5.41) is 3.44. The first-order valence-electron chi connectivity index (χ1n) is 37.8. The van der Waals surface area contributed by atoms with Crippen molar-refractivity contribution in [2.45, 2.75) is 46.8 Å². The van der Waals surface area contributed by atoms with E-state index in [9.17, 15) is 0 Å². The van der Waals surface area contributed by atoms with Gasteiger partial charge in [0.25, 0.3) is 20.0 Å². The van der Waals surface area contributed by atoms with Gasteiger partial charge in [0.05, 0.1) is 49.6 Å². The van der Waals surface area contributed by atoms with Crippen LogP contribution in [0.5, 0.6) is 23.0 Å². The molecule has 0 spiro atoms. The van der Waals surface area contributed by atoms with Crippen LogP contribution in [0.3, 0.4) is 0 Å². The summed E-state index contributed by atoms with van der Waals surface area (Å²) in [4.78, 5) is 18.0. The molecule has 18 nitrogen and oxygen atoms in total. The second-order valence-corrected chi connectivity index (χ2v) is 34.3. The third-order valence-electron chi connectivity index (χ3n) is 20.9. The summed E-state index contributed by atoms with van der Waals surface area (Å²) in [6.45, 7) is 8.35. The molecule has 0 N–H and O–H groups in total. The first-order valence-corrected chi connectivity index (χ1v) is 40.7. The Kier molecular flexibility index (Phi) is 28.5. The van der Waals surface area contributed by atoms with Crippen LogP contribution in [0.1, 0.15) is 55.6 Å². The average molecular weight is 1550 g/mol. The van der Waals surface area contributed by atoms with Gasteiger partial charge in [0, 0.05) is 115 Å². The largest absolute Gasteiger partial charge is 0.496 e. The van der Waals surface area contributed by atoms with E-state index in [4.69, 9.17) is 18.9 Å². The van der Waals surface area contributed by atoms with Gasteiger partial charge in [-0.15, -0.1) is 0 Å². The van der Waals surface area contributed by atoms with Gasteiger partial charge in [-0.25, -0.2) is 16.8 Å². The number of anilines is 2. The van der Waals surface area contributed by atoms with E-state index in [0.29, 0.717) is 71.7 Å². The van der Waals surface area contributed by atoms with Crippen LogP contribution in [0.2, 0.25) is 0 Å². The number of rotatable bonds is 36. The number of hydrogen-bond donors (Lipinski definition) is 0. The van der Waals surface area contributed by atoms with Gasteiger partial charge >= 0.3 is 0 Å². The van der Waals surface area contributed by atoms with Crippen molar-refractivity contribution in [1.82, 2.24) is 39.2 Å². The number of nitrogens with zero attached hydrogens (tertiary/aromatic N) is 10. The lowest BCUT2D eigenvalue weighted by atomic mass is 9.68. The number of benzene rings is 10. The molecule has 0 aliphatic rings. The van der Waals surface area contributed by atoms with E-state index in [1.165, 1.54) is 8.61 Å². The quantitative estimate of drug-likeness (QED) is 0.0272. The Morgan fingerprint density at radius 3 is 0.821 bits per heavy atom. The van der Waals surface area contributed by atoms with Crippen LogP contribution < -0.4 is 27.6 Å². The minimum absolute atomic E-state index is 0.143. The molecule has 0 saturated carbocycles. The van der Waals surface area contributed by atoms with Gasteiger partial charge in [0.2, 0.25) is 0 Å². The molecule has 0 radical (unpaired) electrons. The molecule has 0 bridgehead atoms. The maximum absolute atomic E-state index is 15.3. The van der Waals surface area contributed by atoms with Gasteiger partial charge in [-0.3, -0.25) is 8.61 Å². The number of fused-ring (bicyclic) bond motifs is 2. The molecule has 20 heteroatoms. The molecule has 10 aromatic rings. The first-order chi connectivity index (χ1) is 53.5. The fourth-order valence-corrected chi connectivity index (χ4v) is 16.8. The predicted molar refractivity (Wildman–Crippen MR) is 459 cm³/mol. The zero-order valence-electron chi connectivity index (χ0n) is 68.7. The van der Waals surface area contributed by atoms with Crippen molar-refractivity contribution in [3.63, 3.8) is 0 Å². The summed E-state index contributed by atoms with van der Waals surface area (Å²) in [7, 11) is 26.5. The SMILES string of the molecule is COc1ccc(C(C#CC#CC(c2cccc(N(C)S(=O)(=O)c3ccc4ccccc4c3)c2)(c2ccc(OC)c(CN(C)CCN(C)C)c2)c2ccc(OC)c(CN(C)CCN(C)C)c2)(c2cccc(N(C)S(=O)(=O)c3ccc4ccccc4c3)c2)c2ccc(OC)c(CN(C)CCN(C)C)c2)cc1CN(C)CCN(C)C. The molecule has 112 heavy (non-hydrogen) atoms. The Balaban J connectivity index is 1.33. The molecule has 0 aliphatic heterocycles. The second kappa shape index (κ2) is 37.7. The average Bonchev–Trinajstić information content (AvgIpc) is 0.742. The van der Waals surface area contributed by atoms with E-state index in [1.54, 1.807) is 66.8 Å². The Morgan fingerprint density at radius 1 is 0.286 bits per heavy atom. The monoisotopic (exact) mass is 1550 g/mol. The minimum atomic E-state index is -4.19. The second-order valence-electron chi connectivity index (χ2n) is 30.3. The number of methoxy groups -OCH3 is 4. The Morgan fingerprint density at radius 2 is 0.554 bits per heavy atom. The lowest BCUT2D eigenvalue weighted by Crippen LogP contribution is -2.32. The molecule has 590 valence electrons. The molecule has 10 rings (SSSR count). The third kappa shape index (κ3) is 19.8. The highest BCUT2D eigenvalue weighted by molar-refractivity contribution is 7.93. The summed E-state index contributed by atoms with van der Waals surface area (Å²) in [5.74, 6) is 17.9. The van der Waals surface area contributed by atoms with E-state index < -0.39 is 30.9 Å². The minimum Gasteiger partial charge on any atom is -0.496 e. The van der Waals surface area contributed by atoms with Crippen LogP contribution in [0, 0.1) is 23.7 Å². The molecular weight excluding hydrogens is 1440 g/mol. The highest BCUT2D eigenvalue weighted by Gasteiger charge is 2.40. The van der Waals surface area contributed by atoms with E-state index >= 15 is 16.8 Å². The lowest BCUT2D eigenvalue weighted by molar-refractivity contribution is 0.272. The summed E-state index contributed by atoms with van der Waals surface area (Å²) in [6, 6.07) is 66.1. The standard InChI is InChI=1S/C92H112N10O8S2/c1-93(2)49-53-97(9)65-73-57-79(37-43-87(73)107-15)91(80-38-44-88(108-16)74(58-80)66-98(10)54-50-94(3)4,77-31-25-33-83(63-77)101(13)111(103,104)85-41-35-69-27-19-21-29-71(69)61-85)47-23-24-48-92(81-39-45-89(109-17)75(59-81)67-99(11)55-51-95(5)6,82-40-46-90(110-18)76(60-82)68-100(12)56-52-96(7)8)78-32-26-34-84(64-78)102(14)112(105,106)86-42-36-70-28-20-22-30-72(70)62-86/h19-22,25-46,57-64H,49-56,65-68H2,1-18H3. The van der Waals surface area contributed by atoms with E-state index in [1.807, 2.05) is 133 Å². The molecule has 0 heterocycles. The number of sulfonamides is 2. The number of likely N-dealkylation sites (N-methyl/N-ethyl adjacent to an activating group) is 8. The van der Waals surface area contributed by atoms with Crippen molar-refractivity contribution in [2.24, 2.45) is 0 Å². The van der Waals surface area contributed by atoms with Crippen LogP contribution in [-0.4, -0.2) is 235 Å². The van der Waals surface area contributed by atoms with Crippen molar-refractivity contribution in [2.75, 3.05) is 188 Å². The number of hydrogen-bond acceptors (Lipinski definition) is 16. The smallest absolute Gasteiger partial charge is 0.264 e. The Bertz CT molecular complexity index is 4810. The molecule has 0 amide bonds. The number of ether oxygens (including phenoxy) is 4. The molecule has 10 aromatic carbocycles. The molecule has 0 atom stereocenters. The van der Waals surface area contributed by atoms with Gasteiger partial charge < -0.3 is 58.1 Å². The highest BCUT2D eigenvalue weighted by atomic mass is 32.2. The maximum atomic E-state index is 15.3. The molecule has 0 saturated heterocycles. The normalized spacial score (nSPS) is 12.2. The van der Waals surface area contributed by atoms with E-state index in [0.717, 1.165) is 118 Å². The zero-order chi connectivity index (χ0) is 80.7. The Hall–Kier alpha value is -9.78. The summed E-state index contributed by atoms with van der Waals surface area (Å²) >= 11 is 0. The highest BCUT2D eigenvalue weighted by Crippen LogP contribution is 2.46. The Labute approximate surface area is 667 Å². The van der Waals surface area contributed by atoms with Crippen LogP contribution in [0.4, 0.5) is 11.4 Å². The van der Waals surface area contributed by atoms with Gasteiger partial charge in [-0.2, -0.15) is 0 Å². The first kappa shape index (κ1) is 84.7. The molecule has 0 aromatic heterocycles. The van der Waals surface area contributed by atoms with Crippen molar-refractivity contribution in [3.8, 4) is 46.7 Å². The van der Waals surface area contributed by atoms with Crippen LogP contribution >= 0.6 is 0 Å². The van der Waals surface area contributed by atoms with E-state index in [-0.39, 0.29) is 9.79 Å². The fourth-order valence-electron chi connectivity index (χ4n) is 14.3. The van der Waals surface area contributed by atoms with E-state index in [2.05, 4.69) is 196 Å². The predicted octanol–water partition coefficient (Wildman–Crippen LogP) is 13.0. The topological polar surface area (TPSA) is 138 Å². The fraction of sp³-hybridized carbons (Fsp3) is 0.348. The van der Waals surface area contributed by atoms with Gasteiger partial charge in [-0.05, 0) is 248 Å². The van der Waals surface area contributed by atoms with Crippen molar-refractivity contribution < 1.29 is 35.8 Å². The van der Waals surface area contributed by atoms with Gasteiger partial charge in [0.15, 0.2) is 0 Å². The van der Waals surface area contributed by atoms with Gasteiger partial charge in [0.1, 0.15) is 33.8 Å². The molecule has 0 fully saturated rings. The van der Waals surface area contributed by atoms with Crippen LogP contribution in [0.15, 0.2) is 216 Å². The summed E-state index contributed by atoms with van der Waals surface area (Å²) in [6.07, 6.45) is 0. The summed E-state index contributed by atoms with van der Waals surface area (Å²) < 4.78 is 88.8. The zero-order valence-corrected chi connectivity index (χ0v) is 70.3. The van der Waals surface area contributed by atoms with Crippen LogP contribution in [0.25, 0.3) is 21.5 Å². The van der Waals surface area contributed by atoms with Crippen LogP contribution in [-0.2, 0) is 57.1 Å². The molecule has 0 unspecified atom stereocenters. The van der Waals surface area contributed by atoms with Crippen molar-refractivity contribution in [1.29, 1.82) is 0 Å².